The van der Waals surface area contributed by atoms with Crippen molar-refractivity contribution in [3.63, 3.8) is 0 Å². The van der Waals surface area contributed by atoms with Gasteiger partial charge >= 0.3 is 0 Å². The highest BCUT2D eigenvalue weighted by Gasteiger charge is 2.13. The van der Waals surface area contributed by atoms with Crippen molar-refractivity contribution in [2.24, 2.45) is 0 Å². The van der Waals surface area contributed by atoms with Crippen molar-refractivity contribution in [1.29, 1.82) is 0 Å². The van der Waals surface area contributed by atoms with Crippen LogP contribution < -0.4 is 10.6 Å². The van der Waals surface area contributed by atoms with Crippen LogP contribution in [0.25, 0.3) is 0 Å². The van der Waals surface area contributed by atoms with Gasteiger partial charge in [-0.15, -0.1) is 0 Å². The first-order chi connectivity index (χ1) is 8.60. The number of halogens is 2. The third-order valence-corrected chi connectivity index (χ3v) is 3.15. The van der Waals surface area contributed by atoms with E-state index in [1.54, 1.807) is 20.3 Å². The highest BCUT2D eigenvalue weighted by molar-refractivity contribution is 9.10. The van der Waals surface area contributed by atoms with Gasteiger partial charge in [0.1, 0.15) is 5.82 Å². The molecule has 4 nitrogen and oxygen atoms in total. The van der Waals surface area contributed by atoms with Crippen molar-refractivity contribution < 1.29 is 13.9 Å². The fourth-order valence-electron chi connectivity index (χ4n) is 1.58. The van der Waals surface area contributed by atoms with Crippen LogP contribution in [0.5, 0.6) is 0 Å². The lowest BCUT2D eigenvalue weighted by Crippen LogP contribution is -2.31. The molecule has 0 saturated carbocycles. The van der Waals surface area contributed by atoms with Crippen molar-refractivity contribution in [3.05, 3.63) is 22.4 Å². The molecular formula is C12H18BrFN2O2. The maximum atomic E-state index is 13.6. The molecule has 0 amide bonds. The van der Waals surface area contributed by atoms with Crippen LogP contribution in [0, 0.1) is 5.82 Å². The van der Waals surface area contributed by atoms with Crippen LogP contribution in [0.4, 0.5) is 15.8 Å². The molecule has 1 aromatic carbocycles. The van der Waals surface area contributed by atoms with Gasteiger partial charge in [0.15, 0.2) is 0 Å². The van der Waals surface area contributed by atoms with Gasteiger partial charge in [-0.2, -0.15) is 0 Å². The minimum Gasteiger partial charge on any atom is -0.397 e. The Labute approximate surface area is 115 Å². The molecule has 6 heteroatoms. The standard InChI is InChI=1S/C12H18BrFN2O2/c1-17-5-3-16(4-6-18-2)12-8-10(14)9(13)7-11(12)15/h7-8H,3-6,15H2,1-2H3. The zero-order valence-corrected chi connectivity index (χ0v) is 12.2. The van der Waals surface area contributed by atoms with E-state index in [-0.39, 0.29) is 5.82 Å². The fraction of sp³-hybridized carbons (Fsp3) is 0.500. The second-order valence-electron chi connectivity index (χ2n) is 3.80. The molecule has 0 saturated heterocycles. The van der Waals surface area contributed by atoms with Crippen LogP contribution in [-0.2, 0) is 9.47 Å². The number of nitrogen functional groups attached to an aromatic ring is 1. The first-order valence-corrected chi connectivity index (χ1v) is 6.36. The quantitative estimate of drug-likeness (QED) is 0.783. The van der Waals surface area contributed by atoms with Gasteiger partial charge in [-0.05, 0) is 22.0 Å². The molecule has 0 unspecified atom stereocenters. The molecule has 0 aliphatic carbocycles. The van der Waals surface area contributed by atoms with Crippen LogP contribution in [0.1, 0.15) is 0 Å². The Hall–Kier alpha value is -0.850. The Morgan fingerprint density at radius 2 is 1.78 bits per heavy atom. The maximum Gasteiger partial charge on any atom is 0.139 e. The van der Waals surface area contributed by atoms with E-state index >= 15 is 0 Å². The van der Waals surface area contributed by atoms with Crippen LogP contribution in [-0.4, -0.2) is 40.5 Å². The number of nitrogens with two attached hydrogens (primary N) is 1. The first-order valence-electron chi connectivity index (χ1n) is 5.57. The van der Waals surface area contributed by atoms with Crippen LogP contribution in [0.2, 0.25) is 0 Å². The summed E-state index contributed by atoms with van der Waals surface area (Å²) in [5.41, 5.74) is 7.10. The van der Waals surface area contributed by atoms with Crippen molar-refractivity contribution in [1.82, 2.24) is 0 Å². The molecule has 1 aromatic rings. The third kappa shape index (κ3) is 4.12. The van der Waals surface area contributed by atoms with Gasteiger partial charge in [0.25, 0.3) is 0 Å². The summed E-state index contributed by atoms with van der Waals surface area (Å²) in [7, 11) is 3.25. The SMILES string of the molecule is COCCN(CCOC)c1cc(F)c(Br)cc1N. The predicted octanol–water partition coefficient (Wildman–Crippen LogP) is 2.27. The lowest BCUT2D eigenvalue weighted by atomic mass is 10.2. The third-order valence-electron chi connectivity index (χ3n) is 2.54. The summed E-state index contributed by atoms with van der Waals surface area (Å²) in [6.07, 6.45) is 0. The van der Waals surface area contributed by atoms with Gasteiger partial charge in [-0.3, -0.25) is 0 Å². The highest BCUT2D eigenvalue weighted by atomic mass is 79.9. The number of hydrogen-bond acceptors (Lipinski definition) is 4. The van der Waals surface area contributed by atoms with Crippen molar-refractivity contribution in [2.75, 3.05) is 51.2 Å². The average molecular weight is 321 g/mol. The largest absolute Gasteiger partial charge is 0.397 e. The van der Waals surface area contributed by atoms with E-state index in [2.05, 4.69) is 15.9 Å². The van der Waals surface area contributed by atoms with Gasteiger partial charge in [0, 0.05) is 33.4 Å². The van der Waals surface area contributed by atoms with Gasteiger partial charge in [0.05, 0.1) is 29.1 Å². The number of nitrogens with zero attached hydrogens (tertiary/aromatic N) is 1. The van der Waals surface area contributed by atoms with Crippen molar-refractivity contribution in [2.45, 2.75) is 0 Å². The van der Waals surface area contributed by atoms with E-state index in [0.29, 0.717) is 42.2 Å². The molecular weight excluding hydrogens is 303 g/mol. The average Bonchev–Trinajstić information content (AvgIpc) is 2.35. The summed E-state index contributed by atoms with van der Waals surface area (Å²) >= 11 is 3.11. The number of methoxy groups -OCH3 is 2. The number of benzene rings is 1. The van der Waals surface area contributed by atoms with E-state index in [4.69, 9.17) is 15.2 Å². The van der Waals surface area contributed by atoms with Crippen molar-refractivity contribution >= 4 is 27.3 Å². The van der Waals surface area contributed by atoms with Gasteiger partial charge in [0.2, 0.25) is 0 Å². The summed E-state index contributed by atoms with van der Waals surface area (Å²) in [5, 5.41) is 0. The molecule has 0 radical (unpaired) electrons. The van der Waals surface area contributed by atoms with E-state index in [0.717, 1.165) is 0 Å². The van der Waals surface area contributed by atoms with E-state index in [1.165, 1.54) is 6.07 Å². The minimum absolute atomic E-state index is 0.334. The van der Waals surface area contributed by atoms with Gasteiger partial charge in [-0.25, -0.2) is 4.39 Å². The van der Waals surface area contributed by atoms with Crippen LogP contribution in [0.3, 0.4) is 0 Å². The van der Waals surface area contributed by atoms with Gasteiger partial charge < -0.3 is 20.1 Å². The Morgan fingerprint density at radius 3 is 2.28 bits per heavy atom. The minimum atomic E-state index is -0.334. The van der Waals surface area contributed by atoms with Gasteiger partial charge in [-0.1, -0.05) is 0 Å². The van der Waals surface area contributed by atoms with Crippen molar-refractivity contribution in [3.8, 4) is 0 Å². The molecule has 0 heterocycles. The number of hydrogen-bond donors (Lipinski definition) is 1. The van der Waals surface area contributed by atoms with E-state index in [9.17, 15) is 4.39 Å². The Morgan fingerprint density at radius 1 is 1.22 bits per heavy atom. The summed E-state index contributed by atoms with van der Waals surface area (Å²) in [4.78, 5) is 1.94. The number of ether oxygens (including phenoxy) is 2. The summed E-state index contributed by atoms with van der Waals surface area (Å²) in [6, 6.07) is 2.99. The zero-order chi connectivity index (χ0) is 13.5. The molecule has 0 spiro atoms. The Bertz CT molecular complexity index is 383. The normalized spacial score (nSPS) is 10.7. The van der Waals surface area contributed by atoms with Crippen LogP contribution >= 0.6 is 15.9 Å². The van der Waals surface area contributed by atoms with E-state index < -0.39 is 0 Å². The zero-order valence-electron chi connectivity index (χ0n) is 10.6. The summed E-state index contributed by atoms with van der Waals surface area (Å²) < 4.78 is 24.0. The highest BCUT2D eigenvalue weighted by Crippen LogP contribution is 2.29. The molecule has 102 valence electrons. The second kappa shape index (κ2) is 7.56. The molecule has 0 aliphatic rings. The molecule has 0 aliphatic heterocycles. The maximum absolute atomic E-state index is 13.6. The molecule has 18 heavy (non-hydrogen) atoms. The Kier molecular flexibility index (Phi) is 6.38. The number of rotatable bonds is 7. The fourth-order valence-corrected chi connectivity index (χ4v) is 1.94. The molecule has 0 fully saturated rings. The molecule has 2 N–H and O–H groups in total. The molecule has 0 bridgehead atoms. The number of anilines is 2. The molecule has 0 aromatic heterocycles. The first kappa shape index (κ1) is 15.2. The lowest BCUT2D eigenvalue weighted by molar-refractivity contribution is 0.190. The topological polar surface area (TPSA) is 47.7 Å². The summed E-state index contributed by atoms with van der Waals surface area (Å²) in [6.45, 7) is 2.35. The second-order valence-corrected chi connectivity index (χ2v) is 4.65. The lowest BCUT2D eigenvalue weighted by Gasteiger charge is -2.25. The van der Waals surface area contributed by atoms with E-state index in [1.807, 2.05) is 4.90 Å². The molecule has 0 atom stereocenters. The predicted molar refractivity (Wildman–Crippen MR) is 74.5 cm³/mol. The van der Waals surface area contributed by atoms with Crippen LogP contribution in [0.15, 0.2) is 16.6 Å². The monoisotopic (exact) mass is 320 g/mol. The Balaban J connectivity index is 2.92. The molecule has 1 rings (SSSR count). The summed E-state index contributed by atoms with van der Waals surface area (Å²) in [5.74, 6) is -0.334. The smallest absolute Gasteiger partial charge is 0.139 e.